The second-order valence-electron chi connectivity index (χ2n) is 4.09. The van der Waals surface area contributed by atoms with Crippen LogP contribution in [-0.4, -0.2) is 25.3 Å². The summed E-state index contributed by atoms with van der Waals surface area (Å²) in [5.74, 6) is 1.16. The largest absolute Gasteiger partial charge is 0.229 e. The van der Waals surface area contributed by atoms with E-state index in [-0.39, 0.29) is 5.75 Å². The summed E-state index contributed by atoms with van der Waals surface area (Å²) in [6, 6.07) is 0. The van der Waals surface area contributed by atoms with E-state index in [1.165, 1.54) is 12.8 Å². The predicted octanol–water partition coefficient (Wildman–Crippen LogP) is 2.61. The van der Waals surface area contributed by atoms with Crippen LogP contribution in [0.4, 0.5) is 0 Å². The molecule has 1 fully saturated rings. The Morgan fingerprint density at radius 1 is 1.36 bits per heavy atom. The number of hydrogen-bond acceptors (Lipinski definition) is 2. The maximum absolute atomic E-state index is 11.2. The van der Waals surface area contributed by atoms with Gasteiger partial charge in [-0.25, -0.2) is 8.42 Å². The number of alkyl halides is 1. The van der Waals surface area contributed by atoms with Gasteiger partial charge in [0, 0.05) is 11.1 Å². The average molecular weight is 239 g/mol. The number of hydrogen-bond donors (Lipinski definition) is 0. The van der Waals surface area contributed by atoms with Crippen molar-refractivity contribution in [2.75, 3.05) is 11.5 Å². The number of rotatable bonds is 5. The Labute approximate surface area is 91.9 Å². The van der Waals surface area contributed by atoms with Gasteiger partial charge in [0.05, 0.1) is 5.75 Å². The minimum atomic E-state index is -2.77. The average Bonchev–Trinajstić information content (AvgIpc) is 2.52. The topological polar surface area (TPSA) is 34.1 Å². The van der Waals surface area contributed by atoms with Crippen molar-refractivity contribution in [1.29, 1.82) is 0 Å². The lowest BCUT2D eigenvalue weighted by atomic mass is 10.0. The molecule has 0 saturated heterocycles. The molecule has 1 rings (SSSR count). The van der Waals surface area contributed by atoms with Gasteiger partial charge in [-0.3, -0.25) is 0 Å². The minimum absolute atomic E-state index is 0.266. The van der Waals surface area contributed by atoms with E-state index in [2.05, 4.69) is 0 Å². The van der Waals surface area contributed by atoms with Gasteiger partial charge in [0.2, 0.25) is 0 Å². The summed E-state index contributed by atoms with van der Waals surface area (Å²) in [5, 5.41) is 0.291. The lowest BCUT2D eigenvalue weighted by molar-refractivity contribution is 0.499. The van der Waals surface area contributed by atoms with Gasteiger partial charge in [-0.1, -0.05) is 13.3 Å². The molecule has 0 N–H and O–H groups in total. The second kappa shape index (κ2) is 5.36. The fourth-order valence-corrected chi connectivity index (χ4v) is 3.33. The standard InChI is InChI=1S/C10H19ClO2S/c1-2-14(12,13)8-4-6-9-5-3-7-10(9)11/h9-10H,2-8H2,1H3. The van der Waals surface area contributed by atoms with E-state index in [1.54, 1.807) is 6.92 Å². The first-order valence-corrected chi connectivity index (χ1v) is 7.65. The number of halogens is 1. The summed E-state index contributed by atoms with van der Waals surface area (Å²) in [6.45, 7) is 1.70. The SMILES string of the molecule is CCS(=O)(=O)CCCC1CCCC1Cl. The molecular formula is C10H19ClO2S. The molecule has 4 heteroatoms. The van der Waals surface area contributed by atoms with E-state index in [0.29, 0.717) is 17.0 Å². The molecule has 0 spiro atoms. The third-order valence-corrected chi connectivity index (χ3v) is 5.40. The van der Waals surface area contributed by atoms with Gasteiger partial charge in [0.15, 0.2) is 0 Å². The highest BCUT2D eigenvalue weighted by Gasteiger charge is 2.24. The second-order valence-corrected chi connectivity index (χ2v) is 7.12. The van der Waals surface area contributed by atoms with E-state index in [1.807, 2.05) is 0 Å². The summed E-state index contributed by atoms with van der Waals surface area (Å²) in [6.07, 6.45) is 5.25. The van der Waals surface area contributed by atoms with Crippen LogP contribution >= 0.6 is 11.6 Å². The van der Waals surface area contributed by atoms with Crippen molar-refractivity contribution < 1.29 is 8.42 Å². The van der Waals surface area contributed by atoms with Gasteiger partial charge in [-0.05, 0) is 31.6 Å². The summed E-state index contributed by atoms with van der Waals surface area (Å²) >= 11 is 6.11. The van der Waals surface area contributed by atoms with Gasteiger partial charge in [0.25, 0.3) is 0 Å². The molecule has 14 heavy (non-hydrogen) atoms. The van der Waals surface area contributed by atoms with Gasteiger partial charge in [-0.2, -0.15) is 0 Å². The smallest absolute Gasteiger partial charge is 0.150 e. The molecule has 1 aliphatic carbocycles. The summed E-state index contributed by atoms with van der Waals surface area (Å²) in [4.78, 5) is 0. The van der Waals surface area contributed by atoms with Crippen LogP contribution in [0.25, 0.3) is 0 Å². The molecule has 0 aliphatic heterocycles. The van der Waals surface area contributed by atoms with E-state index in [4.69, 9.17) is 11.6 Å². The molecule has 2 atom stereocenters. The Kier molecular flexibility index (Phi) is 4.71. The van der Waals surface area contributed by atoms with Crippen molar-refractivity contribution in [1.82, 2.24) is 0 Å². The van der Waals surface area contributed by atoms with Crippen LogP contribution in [0, 0.1) is 5.92 Å². The molecule has 0 bridgehead atoms. The highest BCUT2D eigenvalue weighted by molar-refractivity contribution is 7.91. The van der Waals surface area contributed by atoms with Crippen LogP contribution < -0.4 is 0 Å². The Bertz CT molecular complexity index is 261. The first kappa shape index (κ1) is 12.3. The van der Waals surface area contributed by atoms with E-state index >= 15 is 0 Å². The first-order chi connectivity index (χ1) is 6.55. The Morgan fingerprint density at radius 2 is 2.07 bits per heavy atom. The molecule has 1 saturated carbocycles. The highest BCUT2D eigenvalue weighted by atomic mass is 35.5. The van der Waals surface area contributed by atoms with Gasteiger partial charge in [0.1, 0.15) is 9.84 Å². The highest BCUT2D eigenvalue weighted by Crippen LogP contribution is 2.33. The Morgan fingerprint density at radius 3 is 2.57 bits per heavy atom. The molecule has 0 radical (unpaired) electrons. The fourth-order valence-electron chi connectivity index (χ4n) is 2.03. The first-order valence-electron chi connectivity index (χ1n) is 5.39. The zero-order valence-corrected chi connectivity index (χ0v) is 10.3. The van der Waals surface area contributed by atoms with Crippen LogP contribution in [0.15, 0.2) is 0 Å². The molecule has 0 amide bonds. The van der Waals surface area contributed by atoms with E-state index in [9.17, 15) is 8.42 Å². The molecule has 0 aromatic carbocycles. The zero-order valence-electron chi connectivity index (χ0n) is 8.71. The van der Waals surface area contributed by atoms with Crippen LogP contribution in [0.2, 0.25) is 0 Å². The monoisotopic (exact) mass is 238 g/mol. The normalized spacial score (nSPS) is 28.1. The molecule has 0 aromatic heterocycles. The summed E-state index contributed by atoms with van der Waals surface area (Å²) in [5.41, 5.74) is 0. The van der Waals surface area contributed by atoms with Crippen molar-refractivity contribution in [2.24, 2.45) is 5.92 Å². The Hall–Kier alpha value is 0.240. The van der Waals surface area contributed by atoms with Crippen molar-refractivity contribution in [3.63, 3.8) is 0 Å². The summed E-state index contributed by atoms with van der Waals surface area (Å²) < 4.78 is 22.4. The third-order valence-electron chi connectivity index (χ3n) is 3.04. The van der Waals surface area contributed by atoms with Crippen LogP contribution in [0.5, 0.6) is 0 Å². The van der Waals surface area contributed by atoms with E-state index < -0.39 is 9.84 Å². The van der Waals surface area contributed by atoms with E-state index in [0.717, 1.165) is 19.3 Å². The number of sulfone groups is 1. The maximum Gasteiger partial charge on any atom is 0.150 e. The van der Waals surface area contributed by atoms with Crippen LogP contribution in [0.3, 0.4) is 0 Å². The predicted molar refractivity (Wildman–Crippen MR) is 60.5 cm³/mol. The molecule has 84 valence electrons. The molecule has 1 aliphatic rings. The van der Waals surface area contributed by atoms with Gasteiger partial charge < -0.3 is 0 Å². The lowest BCUT2D eigenvalue weighted by Crippen LogP contribution is -2.12. The summed E-state index contributed by atoms with van der Waals surface area (Å²) in [7, 11) is -2.77. The minimum Gasteiger partial charge on any atom is -0.229 e. The molecule has 2 unspecified atom stereocenters. The molecular weight excluding hydrogens is 220 g/mol. The van der Waals surface area contributed by atoms with Gasteiger partial charge >= 0.3 is 0 Å². The third kappa shape index (κ3) is 3.77. The maximum atomic E-state index is 11.2. The van der Waals surface area contributed by atoms with Crippen LogP contribution in [-0.2, 0) is 9.84 Å². The fraction of sp³-hybridized carbons (Fsp3) is 1.00. The lowest BCUT2D eigenvalue weighted by Gasteiger charge is -2.12. The van der Waals surface area contributed by atoms with Crippen molar-refractivity contribution in [3.8, 4) is 0 Å². The van der Waals surface area contributed by atoms with Crippen molar-refractivity contribution in [2.45, 2.75) is 44.4 Å². The zero-order chi connectivity index (χ0) is 10.6. The molecule has 0 heterocycles. The van der Waals surface area contributed by atoms with Crippen molar-refractivity contribution in [3.05, 3.63) is 0 Å². The van der Waals surface area contributed by atoms with Crippen molar-refractivity contribution >= 4 is 21.4 Å². The quantitative estimate of drug-likeness (QED) is 0.690. The Balaban J connectivity index is 2.21. The van der Waals surface area contributed by atoms with Crippen LogP contribution in [0.1, 0.15) is 39.0 Å². The molecule has 0 aromatic rings. The molecule has 2 nitrogen and oxygen atoms in total. The van der Waals surface area contributed by atoms with Gasteiger partial charge in [-0.15, -0.1) is 11.6 Å².